The van der Waals surface area contributed by atoms with Crippen molar-refractivity contribution in [3.8, 4) is 0 Å². The van der Waals surface area contributed by atoms with Gasteiger partial charge in [-0.1, -0.05) is 18.2 Å². The van der Waals surface area contributed by atoms with Crippen LogP contribution in [0.5, 0.6) is 0 Å². The molecule has 1 aliphatic carbocycles. The van der Waals surface area contributed by atoms with Crippen molar-refractivity contribution in [2.24, 2.45) is 5.92 Å². The fourth-order valence-electron chi connectivity index (χ4n) is 4.62. The van der Waals surface area contributed by atoms with E-state index in [1.165, 1.54) is 6.42 Å². The SMILES string of the molecule is CC1(C)O[C@@]2(C)CC[C@@H]1[C@@H]1[C@@H]2N1C(=O)c1ccccc1. The van der Waals surface area contributed by atoms with Gasteiger partial charge in [-0.25, -0.2) is 0 Å². The first-order valence-corrected chi connectivity index (χ1v) is 7.52. The molecule has 106 valence electrons. The molecule has 0 aromatic heterocycles. The average Bonchev–Trinajstić information content (AvgIpc) is 3.14. The van der Waals surface area contributed by atoms with Gasteiger partial charge in [0.25, 0.3) is 5.91 Å². The van der Waals surface area contributed by atoms with Crippen LogP contribution in [-0.2, 0) is 4.74 Å². The Morgan fingerprint density at radius 3 is 2.60 bits per heavy atom. The molecule has 1 amide bonds. The maximum Gasteiger partial charge on any atom is 0.254 e. The first-order valence-electron chi connectivity index (χ1n) is 7.52. The molecule has 0 N–H and O–H groups in total. The monoisotopic (exact) mass is 271 g/mol. The van der Waals surface area contributed by atoms with E-state index in [9.17, 15) is 4.79 Å². The van der Waals surface area contributed by atoms with Crippen LogP contribution in [0, 0.1) is 5.92 Å². The highest BCUT2D eigenvalue weighted by Crippen LogP contribution is 2.60. The van der Waals surface area contributed by atoms with Gasteiger partial charge in [0, 0.05) is 11.5 Å². The second-order valence-corrected chi connectivity index (χ2v) is 7.18. The molecule has 1 aromatic rings. The Hall–Kier alpha value is -1.35. The summed E-state index contributed by atoms with van der Waals surface area (Å²) in [6, 6.07) is 10.3. The Balaban J connectivity index is 1.67. The van der Waals surface area contributed by atoms with Crippen LogP contribution in [-0.4, -0.2) is 34.1 Å². The largest absolute Gasteiger partial charge is 0.367 e. The van der Waals surface area contributed by atoms with E-state index in [4.69, 9.17) is 4.74 Å². The van der Waals surface area contributed by atoms with Crippen LogP contribution >= 0.6 is 0 Å². The number of hydrogen-bond acceptors (Lipinski definition) is 2. The average molecular weight is 271 g/mol. The van der Waals surface area contributed by atoms with Gasteiger partial charge in [0.2, 0.25) is 0 Å². The van der Waals surface area contributed by atoms with Crippen molar-refractivity contribution in [2.75, 3.05) is 0 Å². The van der Waals surface area contributed by atoms with Crippen molar-refractivity contribution in [1.82, 2.24) is 4.90 Å². The van der Waals surface area contributed by atoms with Crippen LogP contribution in [0.3, 0.4) is 0 Å². The number of fused-ring (bicyclic) bond motifs is 2. The molecule has 1 saturated carbocycles. The van der Waals surface area contributed by atoms with Gasteiger partial charge in [-0.3, -0.25) is 4.79 Å². The van der Waals surface area contributed by atoms with E-state index in [1.54, 1.807) is 0 Å². The highest BCUT2D eigenvalue weighted by atomic mass is 16.5. The third kappa shape index (κ3) is 1.47. The van der Waals surface area contributed by atoms with Crippen LogP contribution in [0.25, 0.3) is 0 Å². The summed E-state index contributed by atoms with van der Waals surface area (Å²) in [6.07, 6.45) is 2.24. The van der Waals surface area contributed by atoms with Crippen LogP contribution in [0.1, 0.15) is 44.0 Å². The van der Waals surface area contributed by atoms with Gasteiger partial charge in [-0.05, 0) is 45.7 Å². The summed E-state index contributed by atoms with van der Waals surface area (Å²) in [6.45, 7) is 6.53. The van der Waals surface area contributed by atoms with E-state index < -0.39 is 0 Å². The Morgan fingerprint density at radius 2 is 1.95 bits per heavy atom. The van der Waals surface area contributed by atoms with Crippen LogP contribution in [0.15, 0.2) is 30.3 Å². The summed E-state index contributed by atoms with van der Waals surface area (Å²) in [5.41, 5.74) is 0.524. The van der Waals surface area contributed by atoms with Crippen molar-refractivity contribution in [1.29, 1.82) is 0 Å². The lowest BCUT2D eigenvalue weighted by atomic mass is 9.69. The van der Waals surface area contributed by atoms with Crippen molar-refractivity contribution < 1.29 is 9.53 Å². The summed E-state index contributed by atoms with van der Waals surface area (Å²) >= 11 is 0. The van der Waals surface area contributed by atoms with Gasteiger partial charge in [0.1, 0.15) is 0 Å². The van der Waals surface area contributed by atoms with Gasteiger partial charge >= 0.3 is 0 Å². The van der Waals surface area contributed by atoms with E-state index in [-0.39, 0.29) is 23.2 Å². The van der Waals surface area contributed by atoms with Crippen LogP contribution in [0.4, 0.5) is 0 Å². The predicted molar refractivity (Wildman–Crippen MR) is 76.5 cm³/mol. The zero-order valence-electron chi connectivity index (χ0n) is 12.3. The maximum atomic E-state index is 12.7. The number of carbonyl (C=O) groups excluding carboxylic acids is 1. The number of amides is 1. The van der Waals surface area contributed by atoms with E-state index in [1.807, 2.05) is 30.3 Å². The number of hydrogen-bond donors (Lipinski definition) is 0. The Bertz CT molecular complexity index is 568. The van der Waals surface area contributed by atoms with E-state index in [2.05, 4.69) is 25.7 Å². The molecule has 3 heterocycles. The van der Waals surface area contributed by atoms with Crippen LogP contribution in [0.2, 0.25) is 0 Å². The molecule has 0 unspecified atom stereocenters. The molecule has 0 radical (unpaired) electrons. The van der Waals surface area contributed by atoms with Crippen molar-refractivity contribution in [3.05, 3.63) is 35.9 Å². The normalized spacial score (nSPS) is 40.4. The molecule has 4 atom stereocenters. The minimum atomic E-state index is -0.159. The van der Waals surface area contributed by atoms with E-state index in [0.29, 0.717) is 12.0 Å². The first kappa shape index (κ1) is 12.4. The number of carbonyl (C=O) groups is 1. The number of likely N-dealkylation sites (tertiary alicyclic amines) is 1. The summed E-state index contributed by atoms with van der Waals surface area (Å²) in [4.78, 5) is 14.8. The minimum absolute atomic E-state index is 0.111. The quantitative estimate of drug-likeness (QED) is 0.735. The van der Waals surface area contributed by atoms with Gasteiger partial charge in [0.15, 0.2) is 0 Å². The highest BCUT2D eigenvalue weighted by Gasteiger charge is 2.72. The van der Waals surface area contributed by atoms with Gasteiger partial charge in [-0.15, -0.1) is 0 Å². The van der Waals surface area contributed by atoms with Crippen molar-refractivity contribution in [3.63, 3.8) is 0 Å². The first-order chi connectivity index (χ1) is 9.44. The smallest absolute Gasteiger partial charge is 0.254 e. The van der Waals surface area contributed by atoms with Crippen LogP contribution < -0.4 is 0 Å². The Morgan fingerprint density at radius 1 is 1.25 bits per heavy atom. The molecule has 4 aliphatic rings. The van der Waals surface area contributed by atoms with E-state index in [0.717, 1.165) is 12.0 Å². The zero-order chi connectivity index (χ0) is 14.1. The van der Waals surface area contributed by atoms with Gasteiger partial charge in [0.05, 0.1) is 23.3 Å². The third-order valence-corrected chi connectivity index (χ3v) is 5.49. The van der Waals surface area contributed by atoms with E-state index >= 15 is 0 Å². The Labute approximate surface area is 119 Å². The molecule has 3 heteroatoms. The molecule has 1 aromatic carbocycles. The third-order valence-electron chi connectivity index (χ3n) is 5.49. The van der Waals surface area contributed by atoms with Gasteiger partial charge in [-0.2, -0.15) is 0 Å². The summed E-state index contributed by atoms with van der Waals surface area (Å²) in [5, 5.41) is 0. The van der Waals surface area contributed by atoms with Gasteiger partial charge < -0.3 is 9.64 Å². The molecule has 3 aliphatic heterocycles. The fraction of sp³-hybridized carbons (Fsp3) is 0.588. The lowest BCUT2D eigenvalue weighted by Gasteiger charge is -2.51. The molecule has 5 rings (SSSR count). The molecule has 2 bridgehead atoms. The molecule has 3 saturated heterocycles. The summed E-state index contributed by atoms with van der Waals surface area (Å²) in [7, 11) is 0. The number of ether oxygens (including phenoxy) is 1. The standard InChI is InChI=1S/C17H21NO2/c1-16(2)12-9-10-17(3,20-16)14-13(12)18(14)15(19)11-7-5-4-6-8-11/h4-8,12-14H,9-10H2,1-3H3/t12-,13-,14+,17+,18?/m1/s1. The lowest BCUT2D eigenvalue weighted by Crippen LogP contribution is -2.58. The number of nitrogens with zero attached hydrogens (tertiary/aromatic N) is 1. The lowest BCUT2D eigenvalue weighted by molar-refractivity contribution is -0.214. The summed E-state index contributed by atoms with van der Waals surface area (Å²) < 4.78 is 6.34. The molecule has 4 fully saturated rings. The molecule has 3 nitrogen and oxygen atoms in total. The second kappa shape index (κ2) is 3.64. The van der Waals surface area contributed by atoms with Crippen molar-refractivity contribution in [2.45, 2.75) is 56.9 Å². The molecule has 0 spiro atoms. The number of benzene rings is 1. The van der Waals surface area contributed by atoms with Crippen molar-refractivity contribution >= 4 is 5.91 Å². The zero-order valence-corrected chi connectivity index (χ0v) is 12.3. The molecular weight excluding hydrogens is 250 g/mol. The molecular formula is C17H21NO2. The topological polar surface area (TPSA) is 29.3 Å². The minimum Gasteiger partial charge on any atom is -0.367 e. The predicted octanol–water partition coefficient (Wildman–Crippen LogP) is 2.86. The fourth-order valence-corrected chi connectivity index (χ4v) is 4.62. The molecule has 20 heavy (non-hydrogen) atoms. The highest BCUT2D eigenvalue weighted by molar-refractivity contribution is 5.96. The summed E-state index contributed by atoms with van der Waals surface area (Å²) in [5.74, 6) is 0.641. The maximum absolute atomic E-state index is 12.7. The second-order valence-electron chi connectivity index (χ2n) is 7.18. The number of rotatable bonds is 1. The Kier molecular flexibility index (Phi) is 2.26.